The van der Waals surface area contributed by atoms with Crippen LogP contribution in [0.5, 0.6) is 0 Å². The number of hydrogen-bond donors (Lipinski definition) is 0. The van der Waals surface area contributed by atoms with Gasteiger partial charge in [0.25, 0.3) is 0 Å². The minimum Gasteiger partial charge on any atom is -0.741 e. The normalized spacial score (nSPS) is 11.6. The van der Waals surface area contributed by atoms with Crippen LogP contribution in [0.1, 0.15) is 0 Å². The zero-order valence-corrected chi connectivity index (χ0v) is 10.3. The number of halogens is 4. The van der Waals surface area contributed by atoms with Crippen molar-refractivity contribution in [2.75, 3.05) is 0 Å². The fourth-order valence-corrected chi connectivity index (χ4v) is 0.719. The maximum Gasteiger partial charge on any atom is 0.485 e. The molecule has 1 aromatic rings. The summed E-state index contributed by atoms with van der Waals surface area (Å²) in [7, 11) is -4.10. The van der Waals surface area contributed by atoms with Gasteiger partial charge >= 0.3 is 5.51 Å². The van der Waals surface area contributed by atoms with Crippen LogP contribution in [0.2, 0.25) is 0 Å². The van der Waals surface area contributed by atoms with Gasteiger partial charge in [-0.25, -0.2) is 13.0 Å². The molecule has 0 atom stereocenters. The Morgan fingerprint density at radius 3 is 1.81 bits per heavy atom. The third kappa shape index (κ3) is 6.03. The molecule has 9 heteroatoms. The van der Waals surface area contributed by atoms with Crippen molar-refractivity contribution in [2.24, 2.45) is 7.05 Å². The molecule has 0 aliphatic rings. The molecular formula is C7H7BrF3NO3S. The molecular weight excluding hydrogens is 315 g/mol. The Balaban J connectivity index is 0.000000281. The second-order valence-electron chi connectivity index (χ2n) is 2.58. The van der Waals surface area contributed by atoms with Gasteiger partial charge in [-0.15, -0.1) is 0 Å². The van der Waals surface area contributed by atoms with Crippen molar-refractivity contribution in [3.05, 3.63) is 29.0 Å². The summed E-state index contributed by atoms with van der Waals surface area (Å²) in [4.78, 5) is 0. The topological polar surface area (TPSA) is 61.1 Å². The largest absolute Gasteiger partial charge is 0.741 e. The highest BCUT2D eigenvalue weighted by atomic mass is 79.9. The number of aryl methyl sites for hydroxylation is 1. The van der Waals surface area contributed by atoms with Gasteiger partial charge in [-0.1, -0.05) is 15.9 Å². The minimum absolute atomic E-state index is 1.12. The lowest BCUT2D eigenvalue weighted by molar-refractivity contribution is -0.671. The van der Waals surface area contributed by atoms with Crippen LogP contribution < -0.4 is 4.57 Å². The van der Waals surface area contributed by atoms with Crippen LogP contribution >= 0.6 is 15.9 Å². The summed E-state index contributed by atoms with van der Waals surface area (Å²) in [6.45, 7) is 0. The van der Waals surface area contributed by atoms with Gasteiger partial charge in [-0.3, -0.25) is 0 Å². The van der Waals surface area contributed by atoms with Gasteiger partial charge in [0, 0.05) is 16.6 Å². The predicted molar refractivity (Wildman–Crippen MR) is 51.1 cm³/mol. The molecule has 0 radical (unpaired) electrons. The first kappa shape index (κ1) is 15.3. The number of hydrogen-bond acceptors (Lipinski definition) is 3. The lowest BCUT2D eigenvalue weighted by atomic mass is 10.5. The van der Waals surface area contributed by atoms with Gasteiger partial charge < -0.3 is 4.55 Å². The smallest absolute Gasteiger partial charge is 0.485 e. The van der Waals surface area contributed by atoms with Crippen molar-refractivity contribution in [3.8, 4) is 0 Å². The highest BCUT2D eigenvalue weighted by Gasteiger charge is 2.36. The van der Waals surface area contributed by atoms with Gasteiger partial charge in [0.1, 0.15) is 7.05 Å². The lowest BCUT2D eigenvalue weighted by Gasteiger charge is -2.08. The van der Waals surface area contributed by atoms with Crippen LogP contribution in [-0.4, -0.2) is 18.5 Å². The molecule has 0 N–H and O–H groups in total. The molecule has 0 amide bonds. The molecule has 0 saturated carbocycles. The first-order chi connectivity index (χ1) is 7.04. The predicted octanol–water partition coefficient (Wildman–Crippen LogP) is 1.33. The van der Waals surface area contributed by atoms with Gasteiger partial charge in [-0.2, -0.15) is 13.2 Å². The van der Waals surface area contributed by atoms with E-state index in [4.69, 9.17) is 13.0 Å². The van der Waals surface area contributed by atoms with E-state index in [2.05, 4.69) is 15.9 Å². The van der Waals surface area contributed by atoms with E-state index in [0.717, 1.165) is 4.47 Å². The maximum atomic E-state index is 10.7. The van der Waals surface area contributed by atoms with E-state index in [9.17, 15) is 13.2 Å². The first-order valence-corrected chi connectivity index (χ1v) is 5.87. The van der Waals surface area contributed by atoms with Crippen LogP contribution in [0, 0.1) is 0 Å². The molecule has 1 rings (SSSR count). The van der Waals surface area contributed by atoms with Crippen molar-refractivity contribution in [1.29, 1.82) is 0 Å². The Morgan fingerprint density at radius 1 is 1.31 bits per heavy atom. The molecule has 0 saturated heterocycles. The molecule has 0 aromatic carbocycles. The second-order valence-corrected chi connectivity index (χ2v) is 4.87. The van der Waals surface area contributed by atoms with Crippen molar-refractivity contribution >= 4 is 26.0 Å². The Morgan fingerprint density at radius 2 is 1.62 bits per heavy atom. The molecule has 0 spiro atoms. The van der Waals surface area contributed by atoms with Crippen LogP contribution in [-0.2, 0) is 17.2 Å². The molecule has 0 unspecified atom stereocenters. The van der Waals surface area contributed by atoms with E-state index in [0.29, 0.717) is 0 Å². The number of aromatic nitrogens is 1. The summed E-state index contributed by atoms with van der Waals surface area (Å²) >= 11 is 3.33. The maximum absolute atomic E-state index is 10.7. The van der Waals surface area contributed by atoms with Crippen molar-refractivity contribution < 1.29 is 30.7 Å². The number of rotatable bonds is 0. The molecule has 4 nitrogen and oxygen atoms in total. The van der Waals surface area contributed by atoms with E-state index in [1.165, 1.54) is 0 Å². The quantitative estimate of drug-likeness (QED) is 0.411. The summed E-state index contributed by atoms with van der Waals surface area (Å²) in [5.74, 6) is 0. The lowest BCUT2D eigenvalue weighted by Crippen LogP contribution is -2.25. The van der Waals surface area contributed by atoms with Crippen molar-refractivity contribution in [1.82, 2.24) is 0 Å². The molecule has 0 bridgehead atoms. The highest BCUT2D eigenvalue weighted by Crippen LogP contribution is 2.20. The standard InChI is InChI=1S/C6H7BrN.CHF3O3S/c1-8-4-2-6(7)3-5-8;2-1(3,4)8(5,6)7/h2-5H,1H3;(H,5,6,7)/q+1;/p-1. The summed E-state index contributed by atoms with van der Waals surface area (Å²) in [6, 6.07) is 4.00. The van der Waals surface area contributed by atoms with Gasteiger partial charge in [0.15, 0.2) is 22.5 Å². The fraction of sp³-hybridized carbons (Fsp3) is 0.286. The zero-order chi connectivity index (χ0) is 13.0. The van der Waals surface area contributed by atoms with Crippen LogP contribution in [0.3, 0.4) is 0 Å². The summed E-state index contributed by atoms with van der Waals surface area (Å²) in [5, 5.41) is 0. The molecule has 0 aliphatic heterocycles. The molecule has 1 aromatic heterocycles. The van der Waals surface area contributed by atoms with E-state index in [1.807, 2.05) is 36.1 Å². The van der Waals surface area contributed by atoms with Crippen molar-refractivity contribution in [2.45, 2.75) is 5.51 Å². The molecule has 0 aliphatic carbocycles. The average Bonchev–Trinajstić information content (AvgIpc) is 2.08. The molecule has 1 heterocycles. The van der Waals surface area contributed by atoms with Gasteiger partial charge in [0.2, 0.25) is 0 Å². The summed E-state index contributed by atoms with van der Waals surface area (Å²) in [6.07, 6.45) is 3.98. The zero-order valence-electron chi connectivity index (χ0n) is 7.90. The Bertz CT molecular complexity index is 408. The van der Waals surface area contributed by atoms with Gasteiger partial charge in [-0.05, 0) is 0 Å². The summed E-state index contributed by atoms with van der Waals surface area (Å²) in [5.41, 5.74) is -5.65. The number of pyridine rings is 1. The Kier molecular flexibility index (Phi) is 5.36. The van der Waals surface area contributed by atoms with Crippen LogP contribution in [0.4, 0.5) is 13.2 Å². The minimum atomic E-state index is -6.09. The van der Waals surface area contributed by atoms with E-state index >= 15 is 0 Å². The Hall–Kier alpha value is -0.670. The average molecular weight is 322 g/mol. The third-order valence-electron chi connectivity index (χ3n) is 1.22. The van der Waals surface area contributed by atoms with E-state index in [1.54, 1.807) is 0 Å². The highest BCUT2D eigenvalue weighted by molar-refractivity contribution is 9.10. The van der Waals surface area contributed by atoms with Crippen molar-refractivity contribution in [3.63, 3.8) is 0 Å². The Labute approximate surface area is 98.6 Å². The monoisotopic (exact) mass is 321 g/mol. The third-order valence-corrected chi connectivity index (χ3v) is 2.32. The molecule has 0 fully saturated rings. The fourth-order valence-electron chi connectivity index (χ4n) is 0.483. The molecule has 16 heavy (non-hydrogen) atoms. The molecule has 92 valence electrons. The van der Waals surface area contributed by atoms with Gasteiger partial charge in [0.05, 0.1) is 0 Å². The summed E-state index contributed by atoms with van der Waals surface area (Å²) < 4.78 is 62.0. The number of alkyl halides is 3. The van der Waals surface area contributed by atoms with E-state index < -0.39 is 15.6 Å². The van der Waals surface area contributed by atoms with E-state index in [-0.39, 0.29) is 0 Å². The number of nitrogens with zero attached hydrogens (tertiary/aromatic N) is 1. The second kappa shape index (κ2) is 5.60. The SMILES string of the molecule is C[n+]1ccc(Br)cc1.O=S(=O)([O-])C(F)(F)F. The van der Waals surface area contributed by atoms with Crippen LogP contribution in [0.15, 0.2) is 29.0 Å². The first-order valence-electron chi connectivity index (χ1n) is 3.67. The van der Waals surface area contributed by atoms with Crippen LogP contribution in [0.25, 0.3) is 0 Å².